The van der Waals surface area contributed by atoms with Crippen molar-refractivity contribution in [3.63, 3.8) is 0 Å². The van der Waals surface area contributed by atoms with Gasteiger partial charge in [0.1, 0.15) is 11.6 Å². The maximum Gasteiger partial charge on any atom is 0.220 e. The third-order valence-corrected chi connectivity index (χ3v) is 5.39. The molecule has 1 aliphatic rings. The van der Waals surface area contributed by atoms with E-state index in [0.29, 0.717) is 19.4 Å². The van der Waals surface area contributed by atoms with Gasteiger partial charge in [-0.3, -0.25) is 4.79 Å². The second kappa shape index (κ2) is 8.35. The molecular weight excluding hydrogens is 329 g/mol. The number of aryl methyl sites for hydroxylation is 1. The van der Waals surface area contributed by atoms with Crippen LogP contribution in [-0.4, -0.2) is 19.6 Å². The molecule has 4 heteroatoms. The number of hydrogen-bond acceptors (Lipinski definition) is 2. The highest BCUT2D eigenvalue weighted by molar-refractivity contribution is 5.76. The van der Waals surface area contributed by atoms with Crippen molar-refractivity contribution in [2.75, 3.05) is 13.7 Å². The van der Waals surface area contributed by atoms with E-state index in [1.807, 2.05) is 24.3 Å². The zero-order valence-corrected chi connectivity index (χ0v) is 15.3. The summed E-state index contributed by atoms with van der Waals surface area (Å²) < 4.78 is 18.8. The quantitative estimate of drug-likeness (QED) is 0.800. The molecule has 0 radical (unpaired) electrons. The highest BCUT2D eigenvalue weighted by Gasteiger charge is 2.37. The van der Waals surface area contributed by atoms with Gasteiger partial charge in [-0.15, -0.1) is 0 Å². The molecule has 0 aromatic heterocycles. The van der Waals surface area contributed by atoms with E-state index in [2.05, 4.69) is 11.4 Å². The fourth-order valence-corrected chi connectivity index (χ4v) is 3.98. The first kappa shape index (κ1) is 18.4. The van der Waals surface area contributed by atoms with Crippen LogP contribution >= 0.6 is 0 Å². The number of para-hydroxylation sites is 1. The zero-order chi connectivity index (χ0) is 18.4. The Morgan fingerprint density at radius 1 is 1.15 bits per heavy atom. The summed E-state index contributed by atoms with van der Waals surface area (Å²) in [6.45, 7) is 0.620. The van der Waals surface area contributed by atoms with Crippen LogP contribution in [-0.2, 0) is 16.6 Å². The predicted octanol–water partition coefficient (Wildman–Crippen LogP) is 4.40. The number of rotatable bonds is 7. The second-order valence-electron chi connectivity index (χ2n) is 7.09. The van der Waals surface area contributed by atoms with Crippen LogP contribution in [0.15, 0.2) is 48.5 Å². The molecule has 1 N–H and O–H groups in total. The fraction of sp³-hybridized carbons (Fsp3) is 0.409. The molecule has 3 rings (SSSR count). The van der Waals surface area contributed by atoms with Crippen molar-refractivity contribution in [3.05, 3.63) is 65.5 Å². The van der Waals surface area contributed by atoms with Gasteiger partial charge >= 0.3 is 0 Å². The van der Waals surface area contributed by atoms with E-state index in [-0.39, 0.29) is 17.1 Å². The van der Waals surface area contributed by atoms with Gasteiger partial charge in [0.2, 0.25) is 5.91 Å². The van der Waals surface area contributed by atoms with Gasteiger partial charge < -0.3 is 10.1 Å². The summed E-state index contributed by atoms with van der Waals surface area (Å²) in [6, 6.07) is 14.5. The van der Waals surface area contributed by atoms with Gasteiger partial charge in [0.25, 0.3) is 0 Å². The predicted molar refractivity (Wildman–Crippen MR) is 101 cm³/mol. The SMILES string of the molecule is COc1ccccc1C1(CNC(=O)CCc2cccc(F)c2)CCCC1. The average Bonchev–Trinajstić information content (AvgIpc) is 3.15. The number of hydrogen-bond donors (Lipinski definition) is 1. The van der Waals surface area contributed by atoms with E-state index in [1.54, 1.807) is 13.2 Å². The van der Waals surface area contributed by atoms with Gasteiger partial charge in [-0.25, -0.2) is 4.39 Å². The third-order valence-electron chi connectivity index (χ3n) is 5.39. The zero-order valence-electron chi connectivity index (χ0n) is 15.3. The Balaban J connectivity index is 1.63. The summed E-state index contributed by atoms with van der Waals surface area (Å²) >= 11 is 0. The van der Waals surface area contributed by atoms with E-state index in [0.717, 1.165) is 37.0 Å². The summed E-state index contributed by atoms with van der Waals surface area (Å²) in [7, 11) is 1.69. The van der Waals surface area contributed by atoms with Crippen molar-refractivity contribution in [2.24, 2.45) is 0 Å². The van der Waals surface area contributed by atoms with Crippen molar-refractivity contribution >= 4 is 5.91 Å². The lowest BCUT2D eigenvalue weighted by Gasteiger charge is -2.31. The molecule has 26 heavy (non-hydrogen) atoms. The standard InChI is InChI=1S/C22H26FNO2/c1-26-20-10-3-2-9-19(20)22(13-4-5-14-22)16-24-21(25)12-11-17-7-6-8-18(23)15-17/h2-3,6-10,15H,4-5,11-14,16H2,1H3,(H,24,25). The Bertz CT molecular complexity index is 753. The van der Waals surface area contributed by atoms with Gasteiger partial charge in [0, 0.05) is 23.9 Å². The van der Waals surface area contributed by atoms with Gasteiger partial charge in [-0.1, -0.05) is 43.2 Å². The molecule has 1 amide bonds. The molecule has 0 aliphatic heterocycles. The number of carbonyl (C=O) groups is 1. The molecule has 0 atom stereocenters. The largest absolute Gasteiger partial charge is 0.496 e. The Morgan fingerprint density at radius 2 is 1.92 bits per heavy atom. The van der Waals surface area contributed by atoms with E-state index < -0.39 is 0 Å². The van der Waals surface area contributed by atoms with Crippen LogP contribution in [0, 0.1) is 5.82 Å². The Labute approximate surface area is 154 Å². The molecule has 0 bridgehead atoms. The molecule has 2 aromatic rings. The number of carbonyl (C=O) groups excluding carboxylic acids is 1. The minimum absolute atomic E-state index is 0.00966. The van der Waals surface area contributed by atoms with Gasteiger partial charge in [-0.05, 0) is 43.0 Å². The monoisotopic (exact) mass is 355 g/mol. The van der Waals surface area contributed by atoms with E-state index in [4.69, 9.17) is 4.74 Å². The van der Waals surface area contributed by atoms with Gasteiger partial charge in [0.15, 0.2) is 0 Å². The second-order valence-corrected chi connectivity index (χ2v) is 7.09. The average molecular weight is 355 g/mol. The number of ether oxygens (including phenoxy) is 1. The minimum atomic E-state index is -0.260. The third kappa shape index (κ3) is 4.24. The Kier molecular flexibility index (Phi) is 5.92. The Morgan fingerprint density at radius 3 is 2.65 bits per heavy atom. The molecule has 1 fully saturated rings. The van der Waals surface area contributed by atoms with E-state index in [1.165, 1.54) is 17.7 Å². The van der Waals surface area contributed by atoms with Crippen LogP contribution in [0.3, 0.4) is 0 Å². The first-order valence-electron chi connectivity index (χ1n) is 9.28. The molecule has 1 saturated carbocycles. The smallest absolute Gasteiger partial charge is 0.220 e. The Hall–Kier alpha value is -2.36. The molecule has 0 saturated heterocycles. The molecular formula is C22H26FNO2. The number of nitrogens with one attached hydrogen (secondary N) is 1. The van der Waals surface area contributed by atoms with E-state index >= 15 is 0 Å². The number of benzene rings is 2. The van der Waals surface area contributed by atoms with Crippen molar-refractivity contribution in [1.29, 1.82) is 0 Å². The fourth-order valence-electron chi connectivity index (χ4n) is 3.98. The first-order chi connectivity index (χ1) is 12.6. The van der Waals surface area contributed by atoms with Crippen molar-refractivity contribution in [1.82, 2.24) is 5.32 Å². The molecule has 3 nitrogen and oxygen atoms in total. The highest BCUT2D eigenvalue weighted by atomic mass is 19.1. The summed E-state index contributed by atoms with van der Waals surface area (Å²) in [6.07, 6.45) is 5.35. The molecule has 2 aromatic carbocycles. The van der Waals surface area contributed by atoms with Crippen LogP contribution in [0.5, 0.6) is 5.75 Å². The first-order valence-corrected chi connectivity index (χ1v) is 9.28. The lowest BCUT2D eigenvalue weighted by molar-refractivity contribution is -0.121. The molecule has 0 spiro atoms. The van der Waals surface area contributed by atoms with Crippen molar-refractivity contribution in [2.45, 2.75) is 43.9 Å². The highest BCUT2D eigenvalue weighted by Crippen LogP contribution is 2.44. The number of halogens is 1. The summed E-state index contributed by atoms with van der Waals surface area (Å²) in [5, 5.41) is 3.11. The summed E-state index contributed by atoms with van der Waals surface area (Å²) in [5.41, 5.74) is 1.98. The molecule has 138 valence electrons. The number of amides is 1. The molecule has 0 heterocycles. The van der Waals surface area contributed by atoms with Crippen LogP contribution < -0.4 is 10.1 Å². The minimum Gasteiger partial charge on any atom is -0.496 e. The van der Waals surface area contributed by atoms with Gasteiger partial charge in [0.05, 0.1) is 7.11 Å². The maximum atomic E-state index is 13.2. The van der Waals surface area contributed by atoms with Gasteiger partial charge in [-0.2, -0.15) is 0 Å². The van der Waals surface area contributed by atoms with Crippen LogP contribution in [0.4, 0.5) is 4.39 Å². The van der Waals surface area contributed by atoms with Crippen molar-refractivity contribution < 1.29 is 13.9 Å². The summed E-state index contributed by atoms with van der Waals surface area (Å²) in [4.78, 5) is 12.3. The van der Waals surface area contributed by atoms with Crippen molar-refractivity contribution in [3.8, 4) is 5.75 Å². The number of methoxy groups -OCH3 is 1. The summed E-state index contributed by atoms with van der Waals surface area (Å²) in [5.74, 6) is 0.642. The van der Waals surface area contributed by atoms with Crippen LogP contribution in [0.25, 0.3) is 0 Å². The topological polar surface area (TPSA) is 38.3 Å². The van der Waals surface area contributed by atoms with Crippen LogP contribution in [0.2, 0.25) is 0 Å². The molecule has 0 unspecified atom stereocenters. The molecule has 1 aliphatic carbocycles. The van der Waals surface area contributed by atoms with Crippen LogP contribution in [0.1, 0.15) is 43.2 Å². The maximum absolute atomic E-state index is 13.2. The lowest BCUT2D eigenvalue weighted by Crippen LogP contribution is -2.39. The normalized spacial score (nSPS) is 15.6. The van der Waals surface area contributed by atoms with E-state index in [9.17, 15) is 9.18 Å². The lowest BCUT2D eigenvalue weighted by atomic mass is 9.78.